The van der Waals surface area contributed by atoms with Crippen LogP contribution in [0.5, 0.6) is 5.75 Å². The van der Waals surface area contributed by atoms with Crippen molar-refractivity contribution < 1.29 is 19.2 Å². The molecule has 1 N–H and O–H groups in total. The van der Waals surface area contributed by atoms with Gasteiger partial charge in [-0.3, -0.25) is 19.7 Å². The Kier molecular flexibility index (Phi) is 5.49. The lowest BCUT2D eigenvalue weighted by molar-refractivity contribution is -0.386. The molecule has 124 valence electrons. The monoisotopic (exact) mass is 348 g/mol. The molecule has 0 saturated heterocycles. The van der Waals surface area contributed by atoms with Gasteiger partial charge in [0.25, 0.3) is 5.91 Å². The third-order valence-corrected chi connectivity index (χ3v) is 3.45. The maximum Gasteiger partial charge on any atom is 0.311 e. The number of aldehydes is 1. The SMILES string of the molecule is C[C@@H](Oc1ccc(C=O)cc1[N+](=O)[O-])C(=O)Nc1ccccc1Cl. The highest BCUT2D eigenvalue weighted by atomic mass is 35.5. The largest absolute Gasteiger partial charge is 0.474 e. The Bertz CT molecular complexity index is 794. The van der Waals surface area contributed by atoms with Gasteiger partial charge < -0.3 is 10.1 Å². The molecule has 1 amide bonds. The van der Waals surface area contributed by atoms with Crippen LogP contribution in [0.25, 0.3) is 0 Å². The van der Waals surface area contributed by atoms with Crippen LogP contribution < -0.4 is 10.1 Å². The van der Waals surface area contributed by atoms with Crippen LogP contribution in [0, 0.1) is 10.1 Å². The summed E-state index contributed by atoms with van der Waals surface area (Å²) in [6, 6.07) is 10.4. The molecule has 24 heavy (non-hydrogen) atoms. The Morgan fingerprint density at radius 1 is 1.33 bits per heavy atom. The first-order valence-corrected chi connectivity index (χ1v) is 7.26. The highest BCUT2D eigenvalue weighted by Crippen LogP contribution is 2.29. The van der Waals surface area contributed by atoms with Gasteiger partial charge >= 0.3 is 5.69 Å². The molecule has 0 spiro atoms. The minimum absolute atomic E-state index is 0.104. The number of benzene rings is 2. The van der Waals surface area contributed by atoms with E-state index in [9.17, 15) is 19.7 Å². The van der Waals surface area contributed by atoms with Gasteiger partial charge in [-0.15, -0.1) is 0 Å². The highest BCUT2D eigenvalue weighted by Gasteiger charge is 2.22. The Hall–Kier alpha value is -2.93. The number of rotatable bonds is 6. The minimum Gasteiger partial charge on any atom is -0.474 e. The fraction of sp³-hybridized carbons (Fsp3) is 0.125. The zero-order valence-corrected chi connectivity index (χ0v) is 13.3. The predicted molar refractivity (Wildman–Crippen MR) is 88.7 cm³/mol. The summed E-state index contributed by atoms with van der Waals surface area (Å²) in [5, 5.41) is 14.0. The lowest BCUT2D eigenvalue weighted by Gasteiger charge is -2.15. The number of nitrogens with zero attached hydrogens (tertiary/aromatic N) is 1. The topological polar surface area (TPSA) is 98.5 Å². The Morgan fingerprint density at radius 3 is 2.67 bits per heavy atom. The third-order valence-electron chi connectivity index (χ3n) is 3.12. The van der Waals surface area contributed by atoms with E-state index >= 15 is 0 Å². The first kappa shape index (κ1) is 17.4. The van der Waals surface area contributed by atoms with Crippen LogP contribution in [0.15, 0.2) is 42.5 Å². The maximum atomic E-state index is 12.2. The lowest BCUT2D eigenvalue weighted by Crippen LogP contribution is -2.30. The minimum atomic E-state index is -1.01. The van der Waals surface area contributed by atoms with Crippen LogP contribution in [0.1, 0.15) is 17.3 Å². The maximum absolute atomic E-state index is 12.2. The lowest BCUT2D eigenvalue weighted by atomic mass is 10.2. The summed E-state index contributed by atoms with van der Waals surface area (Å²) in [5.74, 6) is -0.621. The number of nitrogens with one attached hydrogen (secondary N) is 1. The number of ether oxygens (including phenoxy) is 1. The van der Waals surface area contributed by atoms with Crippen molar-refractivity contribution in [1.82, 2.24) is 0 Å². The third kappa shape index (κ3) is 4.08. The highest BCUT2D eigenvalue weighted by molar-refractivity contribution is 6.33. The molecule has 0 aliphatic heterocycles. The average Bonchev–Trinajstić information content (AvgIpc) is 2.57. The zero-order chi connectivity index (χ0) is 17.7. The normalized spacial score (nSPS) is 11.4. The Morgan fingerprint density at radius 2 is 2.04 bits per heavy atom. The van der Waals surface area contributed by atoms with Crippen molar-refractivity contribution in [1.29, 1.82) is 0 Å². The summed E-state index contributed by atoms with van der Waals surface area (Å²) in [4.78, 5) is 33.3. The van der Waals surface area contributed by atoms with E-state index in [0.717, 1.165) is 6.07 Å². The molecule has 2 aromatic carbocycles. The van der Waals surface area contributed by atoms with Gasteiger partial charge in [-0.05, 0) is 31.2 Å². The molecule has 0 saturated carbocycles. The molecule has 0 aliphatic carbocycles. The Labute approximate surface area is 142 Å². The van der Waals surface area contributed by atoms with E-state index in [2.05, 4.69) is 5.32 Å². The van der Waals surface area contributed by atoms with Crippen molar-refractivity contribution in [3.63, 3.8) is 0 Å². The van der Waals surface area contributed by atoms with E-state index in [0.29, 0.717) is 17.0 Å². The number of anilines is 1. The van der Waals surface area contributed by atoms with E-state index < -0.39 is 22.6 Å². The molecule has 0 fully saturated rings. The van der Waals surface area contributed by atoms with E-state index in [1.807, 2.05) is 0 Å². The van der Waals surface area contributed by atoms with Crippen molar-refractivity contribution in [2.75, 3.05) is 5.32 Å². The fourth-order valence-corrected chi connectivity index (χ4v) is 2.07. The van der Waals surface area contributed by atoms with Gasteiger partial charge in [-0.1, -0.05) is 23.7 Å². The summed E-state index contributed by atoms with van der Waals surface area (Å²) in [7, 11) is 0. The van der Waals surface area contributed by atoms with Crippen molar-refractivity contribution >= 4 is 35.2 Å². The number of halogens is 1. The van der Waals surface area contributed by atoms with Gasteiger partial charge in [0, 0.05) is 11.6 Å². The number of hydrogen-bond acceptors (Lipinski definition) is 5. The van der Waals surface area contributed by atoms with E-state index in [1.165, 1.54) is 19.1 Å². The molecule has 8 heteroatoms. The second-order valence-corrected chi connectivity index (χ2v) is 5.24. The van der Waals surface area contributed by atoms with Gasteiger partial charge in [-0.2, -0.15) is 0 Å². The number of carbonyl (C=O) groups is 2. The number of hydrogen-bond donors (Lipinski definition) is 1. The summed E-state index contributed by atoms with van der Waals surface area (Å²) in [5.41, 5.74) is 0.157. The van der Waals surface area contributed by atoms with Gasteiger partial charge in [0.15, 0.2) is 11.9 Å². The van der Waals surface area contributed by atoms with Crippen molar-refractivity contribution in [3.05, 3.63) is 63.2 Å². The molecule has 0 radical (unpaired) electrons. The first-order chi connectivity index (χ1) is 11.4. The van der Waals surface area contributed by atoms with Gasteiger partial charge in [0.05, 0.1) is 15.6 Å². The molecule has 0 aliphatic rings. The number of para-hydroxylation sites is 1. The van der Waals surface area contributed by atoms with Gasteiger partial charge in [0.1, 0.15) is 6.29 Å². The van der Waals surface area contributed by atoms with Gasteiger partial charge in [-0.25, -0.2) is 0 Å². The van der Waals surface area contributed by atoms with Crippen LogP contribution in [0.2, 0.25) is 5.02 Å². The van der Waals surface area contributed by atoms with Crippen molar-refractivity contribution in [2.24, 2.45) is 0 Å². The molecule has 7 nitrogen and oxygen atoms in total. The van der Waals surface area contributed by atoms with E-state index in [1.54, 1.807) is 24.3 Å². The summed E-state index contributed by atoms with van der Waals surface area (Å²) >= 11 is 5.96. The molecule has 0 heterocycles. The molecule has 2 rings (SSSR count). The van der Waals surface area contributed by atoms with Crippen LogP contribution in [0.4, 0.5) is 11.4 Å². The van der Waals surface area contributed by atoms with E-state index in [4.69, 9.17) is 16.3 Å². The number of nitro groups is 1. The summed E-state index contributed by atoms with van der Waals surface area (Å²) in [6.07, 6.45) is -0.522. The molecule has 0 bridgehead atoms. The second kappa shape index (κ2) is 7.56. The number of nitro benzene ring substituents is 1. The first-order valence-electron chi connectivity index (χ1n) is 6.88. The molecular formula is C16H13ClN2O5. The van der Waals surface area contributed by atoms with Crippen molar-refractivity contribution in [2.45, 2.75) is 13.0 Å². The molecule has 0 unspecified atom stereocenters. The zero-order valence-electron chi connectivity index (χ0n) is 12.6. The smallest absolute Gasteiger partial charge is 0.311 e. The van der Waals surface area contributed by atoms with Crippen LogP contribution in [0.3, 0.4) is 0 Å². The van der Waals surface area contributed by atoms with Crippen LogP contribution >= 0.6 is 11.6 Å². The standard InChI is InChI=1S/C16H13ClN2O5/c1-10(16(21)18-13-5-3-2-4-12(13)17)24-15-7-6-11(9-20)8-14(15)19(22)23/h2-10H,1H3,(H,18,21)/t10-/m1/s1. The van der Waals surface area contributed by atoms with Crippen molar-refractivity contribution in [3.8, 4) is 5.75 Å². The molecule has 1 atom stereocenters. The van der Waals surface area contributed by atoms with E-state index in [-0.39, 0.29) is 11.3 Å². The quantitative estimate of drug-likeness (QED) is 0.489. The molecule has 0 aromatic heterocycles. The second-order valence-electron chi connectivity index (χ2n) is 4.83. The van der Waals surface area contributed by atoms with Crippen LogP contribution in [-0.4, -0.2) is 23.2 Å². The average molecular weight is 349 g/mol. The predicted octanol–water partition coefficient (Wildman–Crippen LogP) is 3.47. The van der Waals surface area contributed by atoms with Gasteiger partial charge in [0.2, 0.25) is 0 Å². The molecule has 2 aromatic rings. The number of amides is 1. The number of carbonyl (C=O) groups excluding carboxylic acids is 2. The fourth-order valence-electron chi connectivity index (χ4n) is 1.89. The summed E-state index contributed by atoms with van der Waals surface area (Å²) < 4.78 is 5.37. The molecular weight excluding hydrogens is 336 g/mol. The van der Waals surface area contributed by atoms with Crippen LogP contribution in [-0.2, 0) is 4.79 Å². The summed E-state index contributed by atoms with van der Waals surface area (Å²) in [6.45, 7) is 1.45. The Balaban J connectivity index is 2.15.